The minimum Gasteiger partial charge on any atom is -0.396 e. The van der Waals surface area contributed by atoms with Crippen LogP contribution >= 0.6 is 0 Å². The molecule has 10 heteroatoms. The van der Waals surface area contributed by atoms with E-state index in [1.54, 1.807) is 43.3 Å². The highest BCUT2D eigenvalue weighted by Gasteiger charge is 2.53. The first-order chi connectivity index (χ1) is 19.7. The molecule has 0 bridgehead atoms. The summed E-state index contributed by atoms with van der Waals surface area (Å²) in [6.45, 7) is 1.63. The van der Waals surface area contributed by atoms with Gasteiger partial charge in [-0.1, -0.05) is 61.5 Å². The predicted molar refractivity (Wildman–Crippen MR) is 154 cm³/mol. The lowest BCUT2D eigenvalue weighted by Gasteiger charge is -2.28. The maximum absolute atomic E-state index is 13.8. The minimum atomic E-state index is -2.04. The second-order valence-corrected chi connectivity index (χ2v) is 10.1. The summed E-state index contributed by atoms with van der Waals surface area (Å²) in [4.78, 5) is 39.0. The van der Waals surface area contributed by atoms with Crippen LogP contribution in [0.5, 0.6) is 0 Å². The number of anilines is 2. The maximum Gasteiger partial charge on any atom is 0.269 e. The quantitative estimate of drug-likeness (QED) is 0.228. The Hall–Kier alpha value is -4.67. The first-order valence-electron chi connectivity index (χ1n) is 13.4. The number of benzene rings is 3. The number of fused-ring (bicyclic) bond motifs is 1. The lowest BCUT2D eigenvalue weighted by molar-refractivity contribution is -0.385. The number of amides is 2. The van der Waals surface area contributed by atoms with Crippen molar-refractivity contribution < 1.29 is 24.7 Å². The van der Waals surface area contributed by atoms with Gasteiger partial charge in [0.15, 0.2) is 5.60 Å². The van der Waals surface area contributed by atoms with E-state index in [-0.39, 0.29) is 30.3 Å². The Morgan fingerprint density at radius 1 is 1.07 bits per heavy atom. The number of aliphatic hydroxyl groups excluding tert-OH is 1. The lowest BCUT2D eigenvalue weighted by atomic mass is 9.82. The molecule has 10 nitrogen and oxygen atoms in total. The van der Waals surface area contributed by atoms with Crippen LogP contribution in [0, 0.1) is 16.0 Å². The molecule has 2 aliphatic rings. The van der Waals surface area contributed by atoms with Gasteiger partial charge in [0.1, 0.15) is 0 Å². The number of carbonyl (C=O) groups excluding carboxylic acids is 2. The van der Waals surface area contributed by atoms with Crippen LogP contribution in [0.4, 0.5) is 17.1 Å². The number of rotatable bonds is 9. The molecule has 0 aliphatic carbocycles. The molecule has 0 spiro atoms. The van der Waals surface area contributed by atoms with E-state index in [9.17, 15) is 24.8 Å². The van der Waals surface area contributed by atoms with Crippen LogP contribution in [0.15, 0.2) is 90.0 Å². The van der Waals surface area contributed by atoms with Crippen molar-refractivity contribution in [1.82, 2.24) is 0 Å². The number of non-ortho nitro benzene ring substituents is 1. The topological polar surface area (TPSA) is 137 Å². The Morgan fingerprint density at radius 3 is 2.59 bits per heavy atom. The Bertz CT molecular complexity index is 1550. The predicted octanol–water partition coefficient (Wildman–Crippen LogP) is 4.44. The van der Waals surface area contributed by atoms with Gasteiger partial charge in [0.05, 0.1) is 28.6 Å². The normalized spacial score (nSPS) is 19.4. The zero-order chi connectivity index (χ0) is 29.1. The van der Waals surface area contributed by atoms with Crippen molar-refractivity contribution in [3.63, 3.8) is 0 Å². The summed E-state index contributed by atoms with van der Waals surface area (Å²) in [5.41, 5.74) is 1.22. The van der Waals surface area contributed by atoms with Gasteiger partial charge in [-0.3, -0.25) is 19.7 Å². The van der Waals surface area contributed by atoms with Crippen molar-refractivity contribution in [2.45, 2.75) is 38.3 Å². The molecule has 210 valence electrons. The van der Waals surface area contributed by atoms with E-state index in [2.05, 4.69) is 5.10 Å². The van der Waals surface area contributed by atoms with E-state index in [0.29, 0.717) is 36.2 Å². The maximum atomic E-state index is 13.8. The van der Waals surface area contributed by atoms with Crippen LogP contribution in [-0.4, -0.2) is 39.3 Å². The van der Waals surface area contributed by atoms with E-state index in [1.165, 1.54) is 28.1 Å². The largest absolute Gasteiger partial charge is 0.396 e. The van der Waals surface area contributed by atoms with Crippen molar-refractivity contribution in [3.05, 3.63) is 112 Å². The molecule has 2 heterocycles. The van der Waals surface area contributed by atoms with E-state index in [4.69, 9.17) is 5.11 Å². The lowest BCUT2D eigenvalue weighted by Crippen LogP contribution is -2.44. The third-order valence-electron chi connectivity index (χ3n) is 7.48. The summed E-state index contributed by atoms with van der Waals surface area (Å²) >= 11 is 0. The number of nitrogens with zero attached hydrogens (tertiary/aromatic N) is 4. The fraction of sp³-hybridized carbons (Fsp3) is 0.258. The molecule has 0 fully saturated rings. The Balaban J connectivity index is 1.49. The number of nitro benzene ring substituents is 1. The average molecular weight is 555 g/mol. The van der Waals surface area contributed by atoms with Crippen LogP contribution in [0.25, 0.3) is 0 Å². The van der Waals surface area contributed by atoms with Crippen LogP contribution in [0.3, 0.4) is 0 Å². The van der Waals surface area contributed by atoms with Crippen LogP contribution in [-0.2, 0) is 21.7 Å². The Morgan fingerprint density at radius 2 is 1.85 bits per heavy atom. The molecular weight excluding hydrogens is 524 g/mol. The highest BCUT2D eigenvalue weighted by Crippen LogP contribution is 2.47. The van der Waals surface area contributed by atoms with Crippen LogP contribution in [0.1, 0.15) is 42.9 Å². The highest BCUT2D eigenvalue weighted by molar-refractivity contribution is 6.09. The van der Waals surface area contributed by atoms with Gasteiger partial charge in [-0.25, -0.2) is 5.01 Å². The molecule has 0 radical (unpaired) electrons. The van der Waals surface area contributed by atoms with Crippen molar-refractivity contribution in [1.29, 1.82) is 0 Å². The molecule has 0 saturated heterocycles. The third kappa shape index (κ3) is 5.27. The molecule has 2 N–H and O–H groups in total. The molecular formula is C31H30N4O6. The average Bonchev–Trinajstić information content (AvgIpc) is 3.20. The molecule has 2 atom stereocenters. The van der Waals surface area contributed by atoms with E-state index < -0.39 is 22.3 Å². The van der Waals surface area contributed by atoms with E-state index >= 15 is 0 Å². The third-order valence-corrected chi connectivity index (χ3v) is 7.48. The van der Waals surface area contributed by atoms with Crippen LogP contribution < -0.4 is 9.91 Å². The summed E-state index contributed by atoms with van der Waals surface area (Å²) in [5.74, 6) is -1.48. The van der Waals surface area contributed by atoms with Crippen molar-refractivity contribution in [2.24, 2.45) is 11.0 Å². The van der Waals surface area contributed by atoms with Gasteiger partial charge in [0, 0.05) is 43.1 Å². The standard InChI is InChI=1S/C31H30N4O6/c1-21(8-5-6-17-36)31(39)26-19-25(35(40)41)13-15-28(26)33(30(31)38)20-22-9-7-12-24(18-22)34-29(37)16-14-27(32-34)23-10-3-2-4-11-23/h2-5,7-13,15,18-19,21,36,39H,6,14,16-17,20H2,1H3/b8-5+/t21-,31+/m1/s1. The summed E-state index contributed by atoms with van der Waals surface area (Å²) in [7, 11) is 0. The van der Waals surface area contributed by atoms with E-state index in [1.807, 2.05) is 30.3 Å². The smallest absolute Gasteiger partial charge is 0.269 e. The summed E-state index contributed by atoms with van der Waals surface area (Å²) < 4.78 is 0. The first kappa shape index (κ1) is 27.9. The SMILES string of the molecule is C[C@H](/C=C/CCO)[C@@]1(O)C(=O)N(Cc2cccc(N3N=C(c4ccccc4)CCC3=O)c2)c2ccc([N+](=O)[O-])cc21. The van der Waals surface area contributed by atoms with Gasteiger partial charge in [0.2, 0.25) is 5.91 Å². The molecule has 3 aromatic rings. The van der Waals surface area contributed by atoms with Gasteiger partial charge >= 0.3 is 0 Å². The highest BCUT2D eigenvalue weighted by atomic mass is 16.6. The van der Waals surface area contributed by atoms with Gasteiger partial charge in [-0.15, -0.1) is 0 Å². The van der Waals surface area contributed by atoms with Crippen molar-refractivity contribution in [3.8, 4) is 0 Å². The molecule has 2 aliphatic heterocycles. The molecule has 0 unspecified atom stereocenters. The fourth-order valence-corrected chi connectivity index (χ4v) is 5.28. The molecule has 41 heavy (non-hydrogen) atoms. The molecule has 2 amide bonds. The van der Waals surface area contributed by atoms with Crippen molar-refractivity contribution in [2.75, 3.05) is 16.5 Å². The molecule has 3 aromatic carbocycles. The number of aliphatic hydroxyl groups is 2. The first-order valence-corrected chi connectivity index (χ1v) is 13.4. The second kappa shape index (κ2) is 11.4. The zero-order valence-corrected chi connectivity index (χ0v) is 22.5. The fourth-order valence-electron chi connectivity index (χ4n) is 5.28. The molecule has 0 aromatic heterocycles. The Labute approximate surface area is 237 Å². The van der Waals surface area contributed by atoms with Gasteiger partial charge in [0.25, 0.3) is 11.6 Å². The summed E-state index contributed by atoms with van der Waals surface area (Å²) in [5, 5.41) is 38.4. The van der Waals surface area contributed by atoms with Crippen LogP contribution in [0.2, 0.25) is 0 Å². The molecule has 5 rings (SSSR count). The number of hydrogen-bond donors (Lipinski definition) is 2. The molecule has 0 saturated carbocycles. The minimum absolute atomic E-state index is 0.0597. The zero-order valence-electron chi connectivity index (χ0n) is 22.5. The van der Waals surface area contributed by atoms with Gasteiger partial charge < -0.3 is 15.1 Å². The number of hydrazone groups is 1. The van der Waals surface area contributed by atoms with Crippen molar-refractivity contribution >= 4 is 34.6 Å². The summed E-state index contributed by atoms with van der Waals surface area (Å²) in [6.07, 6.45) is 4.48. The second-order valence-electron chi connectivity index (χ2n) is 10.1. The van der Waals surface area contributed by atoms with Gasteiger partial charge in [-0.05, 0) is 35.7 Å². The monoisotopic (exact) mass is 554 g/mol. The van der Waals surface area contributed by atoms with E-state index in [0.717, 1.165) is 11.3 Å². The number of nitro groups is 1. The number of carbonyl (C=O) groups is 2. The Kier molecular flexibility index (Phi) is 7.78. The number of hydrogen-bond acceptors (Lipinski definition) is 7. The summed E-state index contributed by atoms with van der Waals surface area (Å²) in [6, 6.07) is 20.8. The van der Waals surface area contributed by atoms with Gasteiger partial charge in [-0.2, -0.15) is 5.10 Å².